The number of carboxylic acid groups (broad SMARTS) is 1. The molecule has 0 aliphatic heterocycles. The van der Waals surface area contributed by atoms with E-state index in [0.29, 0.717) is 11.3 Å². The summed E-state index contributed by atoms with van der Waals surface area (Å²) in [7, 11) is 1.58. The van der Waals surface area contributed by atoms with Crippen LogP contribution in [0.15, 0.2) is 42.2 Å². The second-order valence-electron chi connectivity index (χ2n) is 5.74. The average Bonchev–Trinajstić information content (AvgIpc) is 2.85. The molecule has 5 nitrogen and oxygen atoms in total. The predicted molar refractivity (Wildman–Crippen MR) is 89.3 cm³/mol. The van der Waals surface area contributed by atoms with Crippen LogP contribution in [0.5, 0.6) is 5.75 Å². The van der Waals surface area contributed by atoms with E-state index in [4.69, 9.17) is 4.74 Å². The maximum Gasteiger partial charge on any atom is 0.307 e. The fourth-order valence-corrected chi connectivity index (χ4v) is 3.35. The molecule has 1 aliphatic carbocycles. The normalized spacial score (nSPS) is 16.0. The second kappa shape index (κ2) is 6.28. The fraction of sp³-hybridized carbons (Fsp3) is 0.211. The van der Waals surface area contributed by atoms with E-state index in [0.717, 1.165) is 34.1 Å². The first-order valence-corrected chi connectivity index (χ1v) is 7.55. The van der Waals surface area contributed by atoms with E-state index in [1.807, 2.05) is 25.1 Å². The molecule has 122 valence electrons. The Kier molecular flexibility index (Phi) is 4.16. The van der Waals surface area contributed by atoms with Crippen LogP contribution in [0.1, 0.15) is 46.3 Å². The lowest BCUT2D eigenvalue weighted by Crippen LogP contribution is -2.04. The van der Waals surface area contributed by atoms with E-state index in [-0.39, 0.29) is 12.3 Å². The van der Waals surface area contributed by atoms with Crippen molar-refractivity contribution < 1.29 is 19.4 Å². The highest BCUT2D eigenvalue weighted by molar-refractivity contribution is 5.91. The summed E-state index contributed by atoms with van der Waals surface area (Å²) in [5.74, 6) is -0.387. The molecule has 5 heteroatoms. The van der Waals surface area contributed by atoms with Crippen molar-refractivity contribution in [1.82, 2.24) is 4.98 Å². The van der Waals surface area contributed by atoms with Crippen LogP contribution in [0.25, 0.3) is 5.57 Å². The van der Waals surface area contributed by atoms with Gasteiger partial charge in [-0.15, -0.1) is 0 Å². The van der Waals surface area contributed by atoms with E-state index in [1.165, 1.54) is 0 Å². The highest BCUT2D eigenvalue weighted by atomic mass is 16.5. The van der Waals surface area contributed by atoms with Gasteiger partial charge in [0.05, 0.1) is 13.5 Å². The molecule has 0 radical (unpaired) electrons. The van der Waals surface area contributed by atoms with Crippen LogP contribution in [0, 0.1) is 0 Å². The number of allylic oxidation sites excluding steroid dienone is 1. The second-order valence-corrected chi connectivity index (χ2v) is 5.74. The van der Waals surface area contributed by atoms with Gasteiger partial charge in [-0.3, -0.25) is 14.6 Å². The third-order valence-corrected chi connectivity index (χ3v) is 4.46. The number of aliphatic carboxylic acids is 1. The summed E-state index contributed by atoms with van der Waals surface area (Å²) in [6.45, 7) is 1.91. The molecular formula is C19H17NO4. The zero-order chi connectivity index (χ0) is 17.3. The molecule has 1 aromatic carbocycles. The number of rotatable bonds is 5. The lowest BCUT2D eigenvalue weighted by atomic mass is 9.87. The zero-order valence-corrected chi connectivity index (χ0v) is 13.4. The monoisotopic (exact) mass is 323 g/mol. The van der Waals surface area contributed by atoms with Crippen molar-refractivity contribution in [3.63, 3.8) is 0 Å². The van der Waals surface area contributed by atoms with Crippen molar-refractivity contribution in [3.8, 4) is 5.75 Å². The molecule has 1 unspecified atom stereocenters. The van der Waals surface area contributed by atoms with Gasteiger partial charge in [0.25, 0.3) is 0 Å². The van der Waals surface area contributed by atoms with Gasteiger partial charge in [0.15, 0.2) is 0 Å². The molecule has 1 aromatic heterocycles. The van der Waals surface area contributed by atoms with Crippen molar-refractivity contribution in [3.05, 3.63) is 64.5 Å². The third kappa shape index (κ3) is 2.58. The number of carboxylic acids is 1. The molecule has 3 rings (SSSR count). The fourth-order valence-electron chi connectivity index (χ4n) is 3.35. The predicted octanol–water partition coefficient (Wildman–Crippen LogP) is 3.30. The maximum atomic E-state index is 11.4. The number of carbonyl (C=O) groups is 2. The minimum absolute atomic E-state index is 0.0703. The van der Waals surface area contributed by atoms with E-state index in [1.54, 1.807) is 25.6 Å². The van der Waals surface area contributed by atoms with Crippen molar-refractivity contribution >= 4 is 17.8 Å². The lowest BCUT2D eigenvalue weighted by Gasteiger charge is -2.16. The van der Waals surface area contributed by atoms with Gasteiger partial charge in [-0.1, -0.05) is 11.6 Å². The Balaban J connectivity index is 2.22. The van der Waals surface area contributed by atoms with Gasteiger partial charge >= 0.3 is 5.97 Å². The molecule has 24 heavy (non-hydrogen) atoms. The lowest BCUT2D eigenvalue weighted by molar-refractivity contribution is -0.135. The van der Waals surface area contributed by atoms with Crippen molar-refractivity contribution in [1.29, 1.82) is 0 Å². The third-order valence-electron chi connectivity index (χ3n) is 4.46. The van der Waals surface area contributed by atoms with Crippen molar-refractivity contribution in [2.24, 2.45) is 0 Å². The number of carbonyl (C=O) groups excluding carboxylic acids is 1. The smallest absolute Gasteiger partial charge is 0.307 e. The quantitative estimate of drug-likeness (QED) is 0.854. The summed E-state index contributed by atoms with van der Waals surface area (Å²) in [6, 6.07) is 7.31. The molecule has 0 spiro atoms. The van der Waals surface area contributed by atoms with Gasteiger partial charge in [0.2, 0.25) is 0 Å². The van der Waals surface area contributed by atoms with Gasteiger partial charge in [-0.25, -0.2) is 0 Å². The van der Waals surface area contributed by atoms with Crippen molar-refractivity contribution in [2.75, 3.05) is 7.11 Å². The number of ether oxygens (including phenoxy) is 1. The number of hydrogen-bond donors (Lipinski definition) is 1. The summed E-state index contributed by atoms with van der Waals surface area (Å²) in [5.41, 5.74) is 4.88. The van der Waals surface area contributed by atoms with E-state index < -0.39 is 5.97 Å². The SMILES string of the molecule is COc1ccc2c(c1)C(CC(=O)O)=C(C)C2c1cnccc1C=O. The molecule has 0 fully saturated rings. The van der Waals surface area contributed by atoms with Gasteiger partial charge in [0, 0.05) is 23.9 Å². The summed E-state index contributed by atoms with van der Waals surface area (Å²) >= 11 is 0. The maximum absolute atomic E-state index is 11.4. The summed E-state index contributed by atoms with van der Waals surface area (Å²) in [5, 5.41) is 9.27. The molecule has 1 atom stereocenters. The topological polar surface area (TPSA) is 76.5 Å². The molecule has 2 aromatic rings. The number of aldehydes is 1. The Morgan fingerprint density at radius 1 is 1.33 bits per heavy atom. The standard InChI is InChI=1S/C19H17NO4/c1-11-15(8-18(22)23)16-7-13(24-2)3-4-14(16)19(11)17-9-20-6-5-12(17)10-21/h3-7,9-10,19H,8H2,1-2H3,(H,22,23). The number of hydrogen-bond acceptors (Lipinski definition) is 4. The van der Waals surface area contributed by atoms with Gasteiger partial charge in [-0.2, -0.15) is 0 Å². The van der Waals surface area contributed by atoms with E-state index in [9.17, 15) is 14.7 Å². The van der Waals surface area contributed by atoms with Crippen LogP contribution >= 0.6 is 0 Å². The van der Waals surface area contributed by atoms with Crippen LogP contribution < -0.4 is 4.74 Å². The number of nitrogens with zero attached hydrogens (tertiary/aromatic N) is 1. The Hall–Kier alpha value is -2.95. The molecule has 0 saturated heterocycles. The van der Waals surface area contributed by atoms with E-state index >= 15 is 0 Å². The van der Waals surface area contributed by atoms with Crippen molar-refractivity contribution in [2.45, 2.75) is 19.3 Å². The highest BCUT2D eigenvalue weighted by Crippen LogP contribution is 2.48. The number of fused-ring (bicyclic) bond motifs is 1. The molecule has 0 bridgehead atoms. The Labute approximate surface area is 139 Å². The van der Waals surface area contributed by atoms with Crippen LogP contribution in [0.2, 0.25) is 0 Å². The Morgan fingerprint density at radius 2 is 2.12 bits per heavy atom. The molecular weight excluding hydrogens is 306 g/mol. The Morgan fingerprint density at radius 3 is 2.79 bits per heavy atom. The van der Waals surface area contributed by atoms with E-state index in [2.05, 4.69) is 4.98 Å². The van der Waals surface area contributed by atoms with Crippen LogP contribution in [-0.4, -0.2) is 29.5 Å². The summed E-state index contributed by atoms with van der Waals surface area (Å²) < 4.78 is 5.28. The first-order valence-electron chi connectivity index (χ1n) is 7.55. The molecule has 1 aliphatic rings. The van der Waals surface area contributed by atoms with Gasteiger partial charge < -0.3 is 9.84 Å². The van der Waals surface area contributed by atoms with Gasteiger partial charge in [-0.05, 0) is 47.4 Å². The zero-order valence-electron chi connectivity index (χ0n) is 13.4. The minimum Gasteiger partial charge on any atom is -0.497 e. The Bertz CT molecular complexity index is 854. The molecule has 1 N–H and O–H groups in total. The first kappa shape index (κ1) is 15.9. The number of methoxy groups -OCH3 is 1. The van der Waals surface area contributed by atoms with Gasteiger partial charge in [0.1, 0.15) is 12.0 Å². The largest absolute Gasteiger partial charge is 0.497 e. The van der Waals surface area contributed by atoms with Crippen LogP contribution in [0.4, 0.5) is 0 Å². The number of pyridine rings is 1. The number of benzene rings is 1. The number of aromatic nitrogens is 1. The molecule has 0 amide bonds. The van der Waals surface area contributed by atoms with Crippen LogP contribution in [-0.2, 0) is 4.79 Å². The minimum atomic E-state index is -0.888. The summed E-state index contributed by atoms with van der Waals surface area (Å²) in [4.78, 5) is 26.8. The average molecular weight is 323 g/mol. The highest BCUT2D eigenvalue weighted by Gasteiger charge is 2.32. The molecule has 0 saturated carbocycles. The first-order chi connectivity index (χ1) is 11.6. The van der Waals surface area contributed by atoms with Crippen LogP contribution in [0.3, 0.4) is 0 Å². The molecule has 1 heterocycles. The summed E-state index contributed by atoms with van der Waals surface area (Å²) in [6.07, 6.45) is 3.99.